The molecule has 1 atom stereocenters. The molecule has 3 heteroatoms. The van der Waals surface area contributed by atoms with Gasteiger partial charge >= 0.3 is 0 Å². The fraction of sp³-hybridized carbons (Fsp3) is 0.444. The summed E-state index contributed by atoms with van der Waals surface area (Å²) in [5, 5.41) is 3.44. The smallest absolute Gasteiger partial charge is 0.0347 e. The SMILES string of the molecule is Brc1ccncc1C1CCCN1. The zero-order valence-corrected chi connectivity index (χ0v) is 8.34. The van der Waals surface area contributed by atoms with Crippen LogP contribution in [0, 0.1) is 0 Å². The van der Waals surface area contributed by atoms with Crippen molar-refractivity contribution in [2.45, 2.75) is 18.9 Å². The molecule has 1 aliphatic rings. The van der Waals surface area contributed by atoms with Gasteiger partial charge in [-0.15, -0.1) is 0 Å². The van der Waals surface area contributed by atoms with Crippen molar-refractivity contribution in [2.75, 3.05) is 6.54 Å². The van der Waals surface area contributed by atoms with Crippen LogP contribution in [0.5, 0.6) is 0 Å². The lowest BCUT2D eigenvalue weighted by atomic mass is 10.1. The molecule has 64 valence electrons. The van der Waals surface area contributed by atoms with Crippen LogP contribution in [0.15, 0.2) is 22.9 Å². The summed E-state index contributed by atoms with van der Waals surface area (Å²) in [6.45, 7) is 1.13. The van der Waals surface area contributed by atoms with Gasteiger partial charge in [0.2, 0.25) is 0 Å². The second-order valence-corrected chi connectivity index (χ2v) is 3.90. The number of nitrogens with zero attached hydrogens (tertiary/aromatic N) is 1. The van der Waals surface area contributed by atoms with Crippen molar-refractivity contribution in [2.24, 2.45) is 0 Å². The second-order valence-electron chi connectivity index (χ2n) is 3.05. The van der Waals surface area contributed by atoms with Gasteiger partial charge in [-0.25, -0.2) is 0 Å². The van der Waals surface area contributed by atoms with Crippen LogP contribution in [0.25, 0.3) is 0 Å². The number of nitrogens with one attached hydrogen (secondary N) is 1. The van der Waals surface area contributed by atoms with E-state index in [-0.39, 0.29) is 0 Å². The van der Waals surface area contributed by atoms with E-state index in [1.165, 1.54) is 18.4 Å². The summed E-state index contributed by atoms with van der Waals surface area (Å²) in [5.74, 6) is 0. The molecule has 1 N–H and O–H groups in total. The maximum absolute atomic E-state index is 4.12. The summed E-state index contributed by atoms with van der Waals surface area (Å²) in [4.78, 5) is 4.12. The third-order valence-electron chi connectivity index (χ3n) is 2.23. The molecule has 1 saturated heterocycles. The molecule has 2 heterocycles. The highest BCUT2D eigenvalue weighted by Crippen LogP contribution is 2.27. The van der Waals surface area contributed by atoms with E-state index >= 15 is 0 Å². The summed E-state index contributed by atoms with van der Waals surface area (Å²) in [6.07, 6.45) is 6.24. The van der Waals surface area contributed by atoms with Crippen molar-refractivity contribution in [3.8, 4) is 0 Å². The van der Waals surface area contributed by atoms with Crippen LogP contribution < -0.4 is 5.32 Å². The Bertz CT molecular complexity index is 269. The highest BCUT2D eigenvalue weighted by atomic mass is 79.9. The van der Waals surface area contributed by atoms with Crippen LogP contribution >= 0.6 is 15.9 Å². The van der Waals surface area contributed by atoms with Crippen LogP contribution in [0.4, 0.5) is 0 Å². The van der Waals surface area contributed by atoms with Crippen LogP contribution in [-0.4, -0.2) is 11.5 Å². The average molecular weight is 227 g/mol. The van der Waals surface area contributed by atoms with Gasteiger partial charge in [0.15, 0.2) is 0 Å². The van der Waals surface area contributed by atoms with Gasteiger partial charge in [0.05, 0.1) is 0 Å². The lowest BCUT2D eigenvalue weighted by Gasteiger charge is -2.11. The number of hydrogen-bond acceptors (Lipinski definition) is 2. The van der Waals surface area contributed by atoms with Gasteiger partial charge in [-0.2, -0.15) is 0 Å². The largest absolute Gasteiger partial charge is 0.310 e. The van der Waals surface area contributed by atoms with E-state index in [0.29, 0.717) is 6.04 Å². The number of rotatable bonds is 1. The van der Waals surface area contributed by atoms with Crippen LogP contribution in [0.2, 0.25) is 0 Å². The van der Waals surface area contributed by atoms with E-state index in [4.69, 9.17) is 0 Å². The van der Waals surface area contributed by atoms with E-state index in [2.05, 4.69) is 26.2 Å². The van der Waals surface area contributed by atoms with Gasteiger partial charge in [-0.05, 0) is 25.5 Å². The lowest BCUT2D eigenvalue weighted by molar-refractivity contribution is 0.642. The molecule has 0 saturated carbocycles. The predicted octanol–water partition coefficient (Wildman–Crippen LogP) is 2.27. The number of halogens is 1. The summed E-state index contributed by atoms with van der Waals surface area (Å²) in [6, 6.07) is 2.50. The van der Waals surface area contributed by atoms with Crippen LogP contribution in [0.3, 0.4) is 0 Å². The Hall–Kier alpha value is -0.410. The first-order chi connectivity index (χ1) is 5.88. The van der Waals surface area contributed by atoms with E-state index in [0.717, 1.165) is 11.0 Å². The van der Waals surface area contributed by atoms with Crippen molar-refractivity contribution in [1.82, 2.24) is 10.3 Å². The quantitative estimate of drug-likeness (QED) is 0.795. The summed E-state index contributed by atoms with van der Waals surface area (Å²) < 4.78 is 1.16. The van der Waals surface area contributed by atoms with Gasteiger partial charge in [-0.1, -0.05) is 15.9 Å². The zero-order chi connectivity index (χ0) is 8.39. The average Bonchev–Trinajstić information content (AvgIpc) is 2.57. The Balaban J connectivity index is 2.26. The molecule has 0 amide bonds. The molecule has 2 rings (SSSR count). The molecule has 1 fully saturated rings. The van der Waals surface area contributed by atoms with Gasteiger partial charge in [0.25, 0.3) is 0 Å². The molecule has 1 unspecified atom stereocenters. The van der Waals surface area contributed by atoms with Gasteiger partial charge in [0, 0.05) is 28.5 Å². The van der Waals surface area contributed by atoms with Crippen molar-refractivity contribution >= 4 is 15.9 Å². The van der Waals surface area contributed by atoms with Gasteiger partial charge in [0.1, 0.15) is 0 Å². The molecule has 2 nitrogen and oxygen atoms in total. The standard InChI is InChI=1S/C9H11BrN2/c10-8-3-5-11-6-7(8)9-2-1-4-12-9/h3,5-6,9,12H,1-2,4H2. The monoisotopic (exact) mass is 226 g/mol. The molecular weight excluding hydrogens is 216 g/mol. The highest BCUT2D eigenvalue weighted by Gasteiger charge is 2.17. The number of aromatic nitrogens is 1. The minimum Gasteiger partial charge on any atom is -0.310 e. The molecule has 0 bridgehead atoms. The minimum absolute atomic E-state index is 0.507. The van der Waals surface area contributed by atoms with Crippen LogP contribution in [-0.2, 0) is 0 Å². The van der Waals surface area contributed by atoms with Gasteiger partial charge < -0.3 is 5.32 Å². The topological polar surface area (TPSA) is 24.9 Å². The molecule has 1 aromatic rings. The Kier molecular flexibility index (Phi) is 2.42. The van der Waals surface area contributed by atoms with Crippen molar-refractivity contribution in [3.05, 3.63) is 28.5 Å². The maximum Gasteiger partial charge on any atom is 0.0347 e. The Labute approximate surface area is 80.5 Å². The second kappa shape index (κ2) is 3.54. The zero-order valence-electron chi connectivity index (χ0n) is 6.76. The molecule has 1 aromatic heterocycles. The van der Waals surface area contributed by atoms with Crippen molar-refractivity contribution in [1.29, 1.82) is 0 Å². The third kappa shape index (κ3) is 1.52. The number of hydrogen-bond donors (Lipinski definition) is 1. The van der Waals surface area contributed by atoms with Crippen molar-refractivity contribution < 1.29 is 0 Å². The van der Waals surface area contributed by atoms with E-state index in [1.54, 1.807) is 0 Å². The fourth-order valence-electron chi connectivity index (χ4n) is 1.60. The van der Waals surface area contributed by atoms with E-state index in [1.807, 2.05) is 18.5 Å². The van der Waals surface area contributed by atoms with Crippen LogP contribution in [0.1, 0.15) is 24.4 Å². The molecular formula is C9H11BrN2. The first-order valence-corrected chi connectivity index (χ1v) is 5.00. The Morgan fingerprint density at radius 2 is 2.50 bits per heavy atom. The Morgan fingerprint density at radius 3 is 3.17 bits per heavy atom. The molecule has 0 aromatic carbocycles. The molecule has 0 spiro atoms. The first-order valence-electron chi connectivity index (χ1n) is 4.21. The molecule has 1 aliphatic heterocycles. The predicted molar refractivity (Wildman–Crippen MR) is 51.9 cm³/mol. The lowest BCUT2D eigenvalue weighted by Crippen LogP contribution is -2.13. The summed E-state index contributed by atoms with van der Waals surface area (Å²) in [7, 11) is 0. The molecule has 0 radical (unpaired) electrons. The minimum atomic E-state index is 0.507. The third-order valence-corrected chi connectivity index (χ3v) is 2.95. The van der Waals surface area contributed by atoms with Gasteiger partial charge in [-0.3, -0.25) is 4.98 Å². The number of pyridine rings is 1. The summed E-state index contributed by atoms with van der Waals surface area (Å²) in [5.41, 5.74) is 1.29. The first kappa shape index (κ1) is 8.20. The van der Waals surface area contributed by atoms with Crippen molar-refractivity contribution in [3.63, 3.8) is 0 Å². The maximum atomic E-state index is 4.12. The summed E-state index contributed by atoms with van der Waals surface area (Å²) >= 11 is 3.53. The molecule has 12 heavy (non-hydrogen) atoms. The molecule has 0 aliphatic carbocycles. The van der Waals surface area contributed by atoms with E-state index < -0.39 is 0 Å². The highest BCUT2D eigenvalue weighted by molar-refractivity contribution is 9.10. The normalized spacial score (nSPS) is 22.9. The van der Waals surface area contributed by atoms with E-state index in [9.17, 15) is 0 Å². The fourth-order valence-corrected chi connectivity index (χ4v) is 2.09. The Morgan fingerprint density at radius 1 is 1.58 bits per heavy atom.